The summed E-state index contributed by atoms with van der Waals surface area (Å²) >= 11 is 4.88. The van der Waals surface area contributed by atoms with Crippen molar-refractivity contribution in [2.24, 2.45) is 0 Å². The van der Waals surface area contributed by atoms with Crippen LogP contribution in [0.15, 0.2) is 18.3 Å². The number of aromatic nitrogens is 3. The van der Waals surface area contributed by atoms with Gasteiger partial charge in [-0.15, -0.1) is 5.10 Å². The highest BCUT2D eigenvalue weighted by molar-refractivity contribution is 7.80. The van der Waals surface area contributed by atoms with Gasteiger partial charge in [0.2, 0.25) is 5.91 Å². The average Bonchev–Trinajstić information content (AvgIpc) is 3.26. The summed E-state index contributed by atoms with van der Waals surface area (Å²) in [5.74, 6) is -1.83. The number of nitrogens with one attached hydrogen (secondary N) is 1. The fourth-order valence-electron chi connectivity index (χ4n) is 3.30. The number of piperazine rings is 1. The molecule has 1 aliphatic rings. The van der Waals surface area contributed by atoms with E-state index in [0.717, 1.165) is 0 Å². The number of carbonyl (C=O) groups is 1. The number of anilines is 1. The maximum atomic E-state index is 14.8. The van der Waals surface area contributed by atoms with Gasteiger partial charge >= 0.3 is 0 Å². The Hall–Kier alpha value is -2.90. The second kappa shape index (κ2) is 10.6. The number of amides is 1. The first-order valence-electron chi connectivity index (χ1n) is 9.86. The summed E-state index contributed by atoms with van der Waals surface area (Å²) in [6.07, 6.45) is 0.206. The lowest BCUT2D eigenvalue weighted by molar-refractivity contribution is -0.134. The van der Waals surface area contributed by atoms with Crippen LogP contribution >= 0.6 is 12.2 Å². The molecular weight excluding hydrogens is 446 g/mol. The van der Waals surface area contributed by atoms with Gasteiger partial charge in [0.25, 0.3) is 5.17 Å². The monoisotopic (exact) mass is 470 g/mol. The molecule has 1 saturated heterocycles. The summed E-state index contributed by atoms with van der Waals surface area (Å²) in [5.41, 5.74) is 0.494. The fraction of sp³-hybridized carbons (Fsp3) is 0.474. The lowest BCUT2D eigenvalue weighted by Gasteiger charge is -2.36. The first-order chi connectivity index (χ1) is 15.3. The van der Waals surface area contributed by atoms with E-state index in [1.807, 2.05) is 0 Å². The molecule has 1 aromatic heterocycles. The number of thiocarbonyl (C=S) groups is 1. The van der Waals surface area contributed by atoms with E-state index in [9.17, 15) is 18.7 Å². The van der Waals surface area contributed by atoms with E-state index in [4.69, 9.17) is 22.1 Å². The molecule has 13 heteroatoms. The van der Waals surface area contributed by atoms with Crippen molar-refractivity contribution in [1.82, 2.24) is 25.2 Å². The molecule has 0 aliphatic carbocycles. The molecule has 0 bridgehead atoms. The van der Waals surface area contributed by atoms with E-state index in [1.54, 1.807) is 0 Å². The van der Waals surface area contributed by atoms with Gasteiger partial charge in [0.05, 0.1) is 44.7 Å². The predicted molar refractivity (Wildman–Crippen MR) is 114 cm³/mol. The highest BCUT2D eigenvalue weighted by Gasteiger charge is 2.26. The van der Waals surface area contributed by atoms with Crippen LogP contribution in [0.5, 0.6) is 0 Å². The lowest BCUT2D eigenvalue weighted by Crippen LogP contribution is -2.50. The molecule has 3 N–H and O–H groups in total. The van der Waals surface area contributed by atoms with Gasteiger partial charge in [-0.3, -0.25) is 4.79 Å². The largest absolute Gasteiger partial charge is 0.474 e. The molecule has 1 aliphatic heterocycles. The minimum Gasteiger partial charge on any atom is -0.474 e. The number of ether oxygens (including phenoxy) is 1. The maximum Gasteiger partial charge on any atom is 0.256 e. The number of benzene rings is 1. The molecule has 0 unspecified atom stereocenters. The number of nitrogens with zero attached hydrogens (tertiary/aromatic N) is 5. The zero-order chi connectivity index (χ0) is 23.3. The van der Waals surface area contributed by atoms with Gasteiger partial charge in [-0.2, -0.15) is 0 Å². The minimum absolute atomic E-state index is 0.170. The van der Waals surface area contributed by atoms with Crippen molar-refractivity contribution in [3.8, 4) is 5.69 Å². The molecule has 10 nitrogen and oxygen atoms in total. The molecule has 2 heterocycles. The van der Waals surface area contributed by atoms with Crippen LogP contribution in [0.2, 0.25) is 0 Å². The third-order valence-electron chi connectivity index (χ3n) is 4.98. The zero-order valence-corrected chi connectivity index (χ0v) is 18.2. The van der Waals surface area contributed by atoms with Gasteiger partial charge in [0.15, 0.2) is 11.6 Å². The Bertz CT molecular complexity index is 944. The predicted octanol–water partition coefficient (Wildman–Crippen LogP) is -0.0417. The van der Waals surface area contributed by atoms with E-state index in [0.29, 0.717) is 5.69 Å². The minimum atomic E-state index is -1.12. The number of rotatable bonds is 7. The number of aliphatic hydroxyl groups excluding tert-OH is 2. The van der Waals surface area contributed by atoms with Crippen LogP contribution in [0.3, 0.4) is 0 Å². The number of aliphatic hydroxyl groups is 2. The Labute approximate surface area is 188 Å². The number of hydrogen-bond donors (Lipinski definition) is 3. The van der Waals surface area contributed by atoms with E-state index < -0.39 is 24.3 Å². The Morgan fingerprint density at radius 1 is 1.28 bits per heavy atom. The normalized spacial score (nSPS) is 14.9. The first kappa shape index (κ1) is 23.8. The maximum absolute atomic E-state index is 14.8. The standard InChI is InChI=1S/C19H24F2N6O4S/c1-31-19(32)22-9-12-10-27(24-23-12)13-6-15(20)18(16(21)7-13)26-4-2-25(3-5-26)17(30)8-14(29)11-28/h6-7,10,14,28-29H,2-5,8-9,11H2,1H3,(H,22,32)/t14-/m0/s1. The summed E-state index contributed by atoms with van der Waals surface area (Å²) in [6, 6.07) is 2.33. The van der Waals surface area contributed by atoms with Crippen molar-refractivity contribution in [2.45, 2.75) is 19.1 Å². The van der Waals surface area contributed by atoms with Crippen molar-refractivity contribution < 1.29 is 28.5 Å². The average molecular weight is 471 g/mol. The molecule has 1 amide bonds. The molecule has 174 valence electrons. The zero-order valence-electron chi connectivity index (χ0n) is 17.4. The summed E-state index contributed by atoms with van der Waals surface area (Å²) in [4.78, 5) is 15.1. The number of methoxy groups -OCH3 is 1. The molecule has 1 aromatic carbocycles. The number of halogens is 2. The van der Waals surface area contributed by atoms with Crippen molar-refractivity contribution in [1.29, 1.82) is 0 Å². The lowest BCUT2D eigenvalue weighted by atomic mass is 10.2. The van der Waals surface area contributed by atoms with Gasteiger partial charge in [0, 0.05) is 38.3 Å². The first-order valence-corrected chi connectivity index (χ1v) is 10.3. The molecule has 0 spiro atoms. The quantitative estimate of drug-likeness (QED) is 0.480. The Kier molecular flexibility index (Phi) is 7.88. The van der Waals surface area contributed by atoms with Crippen LogP contribution in [-0.4, -0.2) is 87.2 Å². The molecule has 2 aromatic rings. The molecule has 0 saturated carbocycles. The van der Waals surface area contributed by atoms with E-state index in [1.165, 1.54) is 39.9 Å². The molecule has 0 radical (unpaired) electrons. The van der Waals surface area contributed by atoms with Crippen LogP contribution in [0.4, 0.5) is 14.5 Å². The summed E-state index contributed by atoms with van der Waals surface area (Å²) in [6.45, 7) is 0.701. The molecule has 32 heavy (non-hydrogen) atoms. The molecule has 3 rings (SSSR count). The summed E-state index contributed by atoms with van der Waals surface area (Å²) < 4.78 is 35.7. The van der Waals surface area contributed by atoms with Crippen molar-refractivity contribution in [2.75, 3.05) is 44.8 Å². The van der Waals surface area contributed by atoms with Crippen LogP contribution in [0.1, 0.15) is 12.1 Å². The Morgan fingerprint density at radius 2 is 1.94 bits per heavy atom. The van der Waals surface area contributed by atoms with E-state index in [-0.39, 0.29) is 61.6 Å². The van der Waals surface area contributed by atoms with Crippen molar-refractivity contribution >= 4 is 29.0 Å². The van der Waals surface area contributed by atoms with Crippen LogP contribution in [-0.2, 0) is 16.1 Å². The van der Waals surface area contributed by atoms with Gasteiger partial charge in [-0.1, -0.05) is 5.21 Å². The summed E-state index contributed by atoms with van der Waals surface area (Å²) in [7, 11) is 1.43. The van der Waals surface area contributed by atoms with Crippen LogP contribution in [0.25, 0.3) is 5.69 Å². The van der Waals surface area contributed by atoms with Gasteiger partial charge in [-0.25, -0.2) is 13.5 Å². The summed E-state index contributed by atoms with van der Waals surface area (Å²) in [5, 5.41) is 29.1. The van der Waals surface area contributed by atoms with Crippen LogP contribution in [0, 0.1) is 11.6 Å². The molecule has 1 fully saturated rings. The highest BCUT2D eigenvalue weighted by atomic mass is 32.1. The highest BCUT2D eigenvalue weighted by Crippen LogP contribution is 2.27. The second-order valence-electron chi connectivity index (χ2n) is 7.17. The number of carbonyl (C=O) groups excluding carboxylic acids is 1. The third-order valence-corrected chi connectivity index (χ3v) is 5.29. The Balaban J connectivity index is 1.66. The van der Waals surface area contributed by atoms with Gasteiger partial charge in [-0.05, 0) is 12.2 Å². The Morgan fingerprint density at radius 3 is 2.53 bits per heavy atom. The SMILES string of the molecule is COC(=S)NCc1cn(-c2cc(F)c(N3CCN(C(=O)C[C@H](O)CO)CC3)c(F)c2)nn1. The second-order valence-corrected chi connectivity index (χ2v) is 7.54. The molecule has 1 atom stereocenters. The van der Waals surface area contributed by atoms with Gasteiger partial charge < -0.3 is 30.1 Å². The smallest absolute Gasteiger partial charge is 0.256 e. The van der Waals surface area contributed by atoms with Gasteiger partial charge in [0.1, 0.15) is 11.4 Å². The van der Waals surface area contributed by atoms with Crippen molar-refractivity contribution in [3.63, 3.8) is 0 Å². The number of hydrogen-bond acceptors (Lipinski definition) is 8. The molecular formula is C19H24F2N6O4S. The van der Waals surface area contributed by atoms with E-state index in [2.05, 4.69) is 15.6 Å². The third kappa shape index (κ3) is 5.66. The topological polar surface area (TPSA) is 116 Å². The van der Waals surface area contributed by atoms with Crippen LogP contribution < -0.4 is 10.2 Å². The van der Waals surface area contributed by atoms with Crippen molar-refractivity contribution in [3.05, 3.63) is 35.7 Å². The van der Waals surface area contributed by atoms with E-state index >= 15 is 0 Å². The fourth-order valence-corrected chi connectivity index (χ4v) is 3.37.